The maximum absolute atomic E-state index is 13.0. The van der Waals surface area contributed by atoms with Crippen LogP contribution in [0.15, 0.2) is 54.6 Å². The number of ether oxygens (including phenoxy) is 1. The Morgan fingerprint density at radius 3 is 2.83 bits per heavy atom. The number of benzene rings is 2. The number of rotatable bonds is 8. The first-order valence-corrected chi connectivity index (χ1v) is 7.69. The van der Waals surface area contributed by atoms with Crippen molar-refractivity contribution in [2.45, 2.75) is 13.0 Å². The number of carbonyl (C=O) groups is 1. The van der Waals surface area contributed by atoms with E-state index in [2.05, 4.69) is 5.32 Å². The lowest BCUT2D eigenvalue weighted by Crippen LogP contribution is -2.22. The van der Waals surface area contributed by atoms with Gasteiger partial charge in [0.25, 0.3) is 0 Å². The third-order valence-corrected chi connectivity index (χ3v) is 3.26. The third-order valence-electron chi connectivity index (χ3n) is 3.26. The molecule has 0 radical (unpaired) electrons. The summed E-state index contributed by atoms with van der Waals surface area (Å²) in [6.45, 7) is 0.487. The Kier molecular flexibility index (Phi) is 6.98. The van der Waals surface area contributed by atoms with Crippen LogP contribution in [-0.2, 0) is 11.3 Å². The minimum Gasteiger partial charge on any atom is -0.491 e. The molecule has 126 valence electrons. The molecule has 0 spiro atoms. The van der Waals surface area contributed by atoms with Gasteiger partial charge >= 0.3 is 0 Å². The van der Waals surface area contributed by atoms with Crippen molar-refractivity contribution in [1.29, 1.82) is 0 Å². The Morgan fingerprint density at radius 1 is 1.21 bits per heavy atom. The molecule has 0 aliphatic heterocycles. The summed E-state index contributed by atoms with van der Waals surface area (Å²) in [5.41, 5.74) is 1.55. The smallest absolute Gasteiger partial charge is 0.224 e. The topological polar surface area (TPSA) is 58.6 Å². The first-order valence-electron chi connectivity index (χ1n) is 7.69. The van der Waals surface area contributed by atoms with E-state index >= 15 is 0 Å². The number of hydrogen-bond acceptors (Lipinski definition) is 3. The fourth-order valence-corrected chi connectivity index (χ4v) is 2.12. The average molecular weight is 329 g/mol. The fraction of sp³-hybridized carbons (Fsp3) is 0.211. The van der Waals surface area contributed by atoms with Crippen LogP contribution in [0.2, 0.25) is 0 Å². The summed E-state index contributed by atoms with van der Waals surface area (Å²) in [7, 11) is 0. The van der Waals surface area contributed by atoms with Crippen LogP contribution >= 0.6 is 0 Å². The van der Waals surface area contributed by atoms with Gasteiger partial charge in [-0.1, -0.05) is 42.5 Å². The van der Waals surface area contributed by atoms with Gasteiger partial charge in [0.05, 0.1) is 6.61 Å². The van der Waals surface area contributed by atoms with E-state index in [1.807, 2.05) is 18.2 Å². The summed E-state index contributed by atoms with van der Waals surface area (Å²) in [4.78, 5) is 11.9. The molecule has 0 aromatic heterocycles. The summed E-state index contributed by atoms with van der Waals surface area (Å²) in [5.74, 6) is 0.197. The number of para-hydroxylation sites is 1. The quantitative estimate of drug-likeness (QED) is 0.783. The van der Waals surface area contributed by atoms with E-state index < -0.39 is 0 Å². The molecule has 4 nitrogen and oxygen atoms in total. The van der Waals surface area contributed by atoms with Crippen molar-refractivity contribution in [2.24, 2.45) is 0 Å². The molecule has 0 fully saturated rings. The molecule has 5 heteroatoms. The van der Waals surface area contributed by atoms with Crippen LogP contribution in [0.4, 0.5) is 4.39 Å². The van der Waals surface area contributed by atoms with Crippen LogP contribution in [0.5, 0.6) is 5.75 Å². The molecule has 2 aromatic rings. The number of halogens is 1. The van der Waals surface area contributed by atoms with E-state index in [-0.39, 0.29) is 31.4 Å². The van der Waals surface area contributed by atoms with E-state index in [1.165, 1.54) is 12.1 Å². The van der Waals surface area contributed by atoms with Gasteiger partial charge < -0.3 is 15.2 Å². The Hall–Kier alpha value is -2.66. The highest BCUT2D eigenvalue weighted by atomic mass is 19.1. The molecule has 0 unspecified atom stereocenters. The lowest BCUT2D eigenvalue weighted by atomic mass is 10.2. The zero-order valence-corrected chi connectivity index (χ0v) is 13.2. The van der Waals surface area contributed by atoms with E-state index in [9.17, 15) is 9.18 Å². The van der Waals surface area contributed by atoms with Gasteiger partial charge in [-0.15, -0.1) is 0 Å². The Labute approximate surface area is 140 Å². The van der Waals surface area contributed by atoms with Crippen molar-refractivity contribution in [2.75, 3.05) is 13.2 Å². The molecular weight excluding hydrogens is 309 g/mol. The highest BCUT2D eigenvalue weighted by Crippen LogP contribution is 2.17. The summed E-state index contributed by atoms with van der Waals surface area (Å²) >= 11 is 0. The second-order valence-corrected chi connectivity index (χ2v) is 5.12. The highest BCUT2D eigenvalue weighted by molar-refractivity contribution is 5.78. The SMILES string of the molecule is O=C(C/C=C/c1cccc(F)c1)NCc1ccccc1OCCO. The van der Waals surface area contributed by atoms with Gasteiger partial charge in [-0.25, -0.2) is 4.39 Å². The van der Waals surface area contributed by atoms with Crippen molar-refractivity contribution in [3.05, 3.63) is 71.6 Å². The van der Waals surface area contributed by atoms with Crippen molar-refractivity contribution in [3.8, 4) is 5.75 Å². The maximum atomic E-state index is 13.0. The molecule has 0 heterocycles. The average Bonchev–Trinajstić information content (AvgIpc) is 2.59. The maximum Gasteiger partial charge on any atom is 0.224 e. The summed E-state index contributed by atoms with van der Waals surface area (Å²) in [5, 5.41) is 11.6. The zero-order chi connectivity index (χ0) is 17.2. The van der Waals surface area contributed by atoms with Crippen LogP contribution < -0.4 is 10.1 Å². The van der Waals surface area contributed by atoms with Crippen molar-refractivity contribution < 1.29 is 19.0 Å². The normalized spacial score (nSPS) is 10.8. The van der Waals surface area contributed by atoms with E-state index in [4.69, 9.17) is 9.84 Å². The second-order valence-electron chi connectivity index (χ2n) is 5.12. The molecule has 0 aliphatic rings. The first kappa shape index (κ1) is 17.7. The summed E-state index contributed by atoms with van der Waals surface area (Å²) < 4.78 is 18.5. The molecule has 0 atom stereocenters. The standard InChI is InChI=1S/C19H20FNO3/c20-17-8-3-5-15(13-17)6-4-10-19(23)21-14-16-7-1-2-9-18(16)24-12-11-22/h1-9,13,22H,10-12,14H2,(H,21,23)/b6-4+. The van der Waals surface area contributed by atoms with Crippen molar-refractivity contribution in [1.82, 2.24) is 5.32 Å². The summed E-state index contributed by atoms with van der Waals surface area (Å²) in [6, 6.07) is 13.5. The molecule has 0 bridgehead atoms. The first-order chi connectivity index (χ1) is 11.7. The van der Waals surface area contributed by atoms with Gasteiger partial charge in [0.1, 0.15) is 18.2 Å². The zero-order valence-electron chi connectivity index (χ0n) is 13.2. The molecule has 2 rings (SSSR count). The molecule has 24 heavy (non-hydrogen) atoms. The van der Waals surface area contributed by atoms with E-state index in [0.29, 0.717) is 17.9 Å². The Balaban J connectivity index is 1.83. The monoisotopic (exact) mass is 329 g/mol. The molecule has 0 saturated heterocycles. The number of nitrogens with one attached hydrogen (secondary N) is 1. The molecule has 0 saturated carbocycles. The molecular formula is C19H20FNO3. The van der Waals surface area contributed by atoms with E-state index in [1.54, 1.807) is 30.4 Å². The molecule has 0 aliphatic carbocycles. The largest absolute Gasteiger partial charge is 0.491 e. The summed E-state index contributed by atoms with van der Waals surface area (Å²) in [6.07, 6.45) is 3.61. The fourth-order valence-electron chi connectivity index (χ4n) is 2.12. The molecule has 1 amide bonds. The lowest BCUT2D eigenvalue weighted by Gasteiger charge is -2.11. The third kappa shape index (κ3) is 5.85. The Bertz CT molecular complexity index is 701. The van der Waals surface area contributed by atoms with Gasteiger partial charge in [-0.3, -0.25) is 4.79 Å². The minimum atomic E-state index is -0.305. The minimum absolute atomic E-state index is 0.0639. The molecule has 2 aromatic carbocycles. The van der Waals surface area contributed by atoms with Gasteiger partial charge in [0, 0.05) is 18.5 Å². The van der Waals surface area contributed by atoms with Crippen LogP contribution in [0, 0.1) is 5.82 Å². The van der Waals surface area contributed by atoms with Gasteiger partial charge in [-0.05, 0) is 23.8 Å². The van der Waals surface area contributed by atoms with Crippen LogP contribution in [0.25, 0.3) is 6.08 Å². The van der Waals surface area contributed by atoms with Gasteiger partial charge in [0.2, 0.25) is 5.91 Å². The lowest BCUT2D eigenvalue weighted by molar-refractivity contribution is -0.120. The highest BCUT2D eigenvalue weighted by Gasteiger charge is 2.04. The number of hydrogen-bond donors (Lipinski definition) is 2. The van der Waals surface area contributed by atoms with Crippen LogP contribution in [0.1, 0.15) is 17.5 Å². The second kappa shape index (κ2) is 9.47. The Morgan fingerprint density at radius 2 is 2.04 bits per heavy atom. The van der Waals surface area contributed by atoms with Crippen molar-refractivity contribution >= 4 is 12.0 Å². The van der Waals surface area contributed by atoms with Crippen LogP contribution in [0.3, 0.4) is 0 Å². The van der Waals surface area contributed by atoms with Gasteiger partial charge in [-0.2, -0.15) is 0 Å². The number of aliphatic hydroxyl groups is 1. The number of amides is 1. The van der Waals surface area contributed by atoms with E-state index in [0.717, 1.165) is 5.56 Å². The van der Waals surface area contributed by atoms with Gasteiger partial charge in [0.15, 0.2) is 0 Å². The predicted molar refractivity (Wildman–Crippen MR) is 90.9 cm³/mol. The number of aliphatic hydroxyl groups excluding tert-OH is 1. The number of carbonyl (C=O) groups excluding carboxylic acids is 1. The molecule has 2 N–H and O–H groups in total. The van der Waals surface area contributed by atoms with Crippen LogP contribution in [-0.4, -0.2) is 24.2 Å². The van der Waals surface area contributed by atoms with Crippen molar-refractivity contribution in [3.63, 3.8) is 0 Å². The predicted octanol–water partition coefficient (Wildman–Crippen LogP) is 2.92.